The summed E-state index contributed by atoms with van der Waals surface area (Å²) in [6.07, 6.45) is 6.55. The van der Waals surface area contributed by atoms with Gasteiger partial charge in [-0.05, 0) is 66.2 Å². The van der Waals surface area contributed by atoms with Gasteiger partial charge >= 0.3 is 0 Å². The largest absolute Gasteiger partial charge is 0.389 e. The summed E-state index contributed by atoms with van der Waals surface area (Å²) in [7, 11) is 0. The highest BCUT2D eigenvalue weighted by Crippen LogP contribution is 2.35. The van der Waals surface area contributed by atoms with Gasteiger partial charge in [0.15, 0.2) is 5.65 Å². The average molecular weight is 523 g/mol. The van der Waals surface area contributed by atoms with Crippen molar-refractivity contribution in [2.24, 2.45) is 11.8 Å². The van der Waals surface area contributed by atoms with E-state index in [4.69, 9.17) is 4.98 Å². The van der Waals surface area contributed by atoms with Crippen molar-refractivity contribution in [1.29, 1.82) is 0 Å². The second-order valence-corrected chi connectivity index (χ2v) is 11.0. The molecule has 0 fully saturated rings. The Bertz CT molecular complexity index is 1500. The third-order valence-corrected chi connectivity index (χ3v) is 7.18. The molecule has 5 heteroatoms. The molecule has 2 aromatic heterocycles. The van der Waals surface area contributed by atoms with Crippen molar-refractivity contribution in [2.75, 3.05) is 13.1 Å². The zero-order chi connectivity index (χ0) is 27.9. The van der Waals surface area contributed by atoms with Gasteiger partial charge in [-0.2, -0.15) is 5.10 Å². The lowest BCUT2D eigenvalue weighted by atomic mass is 9.94. The minimum absolute atomic E-state index is 0.520. The Balaban J connectivity index is 0.000000303. The number of aliphatic hydroxyl groups is 1. The van der Waals surface area contributed by atoms with Crippen molar-refractivity contribution in [3.8, 4) is 22.3 Å². The van der Waals surface area contributed by atoms with Gasteiger partial charge in [-0.1, -0.05) is 100 Å². The molecule has 3 aromatic carbocycles. The molecule has 0 aliphatic heterocycles. The zero-order valence-corrected chi connectivity index (χ0v) is 24.1. The first-order valence-corrected chi connectivity index (χ1v) is 14.1. The van der Waals surface area contributed by atoms with E-state index in [-0.39, 0.29) is 0 Å². The molecule has 39 heavy (non-hydrogen) atoms. The summed E-state index contributed by atoms with van der Waals surface area (Å²) in [5, 5.41) is 20.3. The van der Waals surface area contributed by atoms with Crippen molar-refractivity contribution < 1.29 is 5.11 Å². The lowest BCUT2D eigenvalue weighted by Gasteiger charge is -2.12. The van der Waals surface area contributed by atoms with Crippen molar-refractivity contribution in [1.82, 2.24) is 19.9 Å². The van der Waals surface area contributed by atoms with E-state index < -0.39 is 6.10 Å². The highest BCUT2D eigenvalue weighted by molar-refractivity contribution is 6.01. The van der Waals surface area contributed by atoms with Crippen LogP contribution in [0.1, 0.15) is 58.3 Å². The fourth-order valence-corrected chi connectivity index (χ4v) is 4.64. The molecule has 2 heterocycles. The van der Waals surface area contributed by atoms with E-state index >= 15 is 0 Å². The first kappa shape index (κ1) is 28.5. The molecule has 0 aliphatic rings. The predicted octanol–water partition coefficient (Wildman–Crippen LogP) is 7.86. The molecule has 0 bridgehead atoms. The second-order valence-electron chi connectivity index (χ2n) is 11.0. The van der Waals surface area contributed by atoms with Crippen LogP contribution in [0.4, 0.5) is 0 Å². The third kappa shape index (κ3) is 6.92. The smallest absolute Gasteiger partial charge is 0.162 e. The molecule has 2 N–H and O–H groups in total. The van der Waals surface area contributed by atoms with Gasteiger partial charge in [0.1, 0.15) is 0 Å². The van der Waals surface area contributed by atoms with Crippen molar-refractivity contribution in [3.05, 3.63) is 90.4 Å². The molecular formula is C34H42N4O. The number of aromatic nitrogens is 3. The third-order valence-electron chi connectivity index (χ3n) is 7.18. The van der Waals surface area contributed by atoms with Crippen LogP contribution < -0.4 is 5.32 Å². The van der Waals surface area contributed by atoms with Gasteiger partial charge in [0.25, 0.3) is 0 Å². The van der Waals surface area contributed by atoms with Gasteiger partial charge in [0.2, 0.25) is 0 Å². The van der Waals surface area contributed by atoms with Gasteiger partial charge < -0.3 is 10.4 Å². The molecule has 0 saturated carbocycles. The van der Waals surface area contributed by atoms with Gasteiger partial charge in [0, 0.05) is 23.5 Å². The van der Waals surface area contributed by atoms with Crippen LogP contribution >= 0.6 is 0 Å². The van der Waals surface area contributed by atoms with Gasteiger partial charge in [-0.3, -0.25) is 0 Å². The molecule has 204 valence electrons. The summed E-state index contributed by atoms with van der Waals surface area (Å²) in [5.41, 5.74) is 7.17. The molecule has 0 spiro atoms. The van der Waals surface area contributed by atoms with E-state index in [1.807, 2.05) is 41.3 Å². The Labute approximate surface area is 232 Å². The predicted molar refractivity (Wildman–Crippen MR) is 164 cm³/mol. The van der Waals surface area contributed by atoms with Crippen LogP contribution in [0.15, 0.2) is 79.3 Å². The average Bonchev–Trinajstić information content (AvgIpc) is 3.36. The van der Waals surface area contributed by atoms with Crippen LogP contribution in [0.3, 0.4) is 0 Å². The number of rotatable bonds is 8. The molecule has 5 aromatic rings. The Morgan fingerprint density at radius 1 is 0.821 bits per heavy atom. The van der Waals surface area contributed by atoms with Gasteiger partial charge in [-0.15, -0.1) is 0 Å². The van der Waals surface area contributed by atoms with Crippen molar-refractivity contribution >= 4 is 16.4 Å². The monoisotopic (exact) mass is 522 g/mol. The molecule has 2 atom stereocenters. The van der Waals surface area contributed by atoms with E-state index in [1.54, 1.807) is 6.92 Å². The maximum absolute atomic E-state index is 10.1. The SMILES string of the molecule is CCC(C)CNCC(C)C.Cc1ccc(-c2cnc3c(-c4ccc(C(C)O)c5ccccc45)cnn3c2)cc1. The summed E-state index contributed by atoms with van der Waals surface area (Å²) in [4.78, 5) is 4.73. The summed E-state index contributed by atoms with van der Waals surface area (Å²) in [6, 6.07) is 20.6. The van der Waals surface area contributed by atoms with Gasteiger partial charge in [-0.25, -0.2) is 9.50 Å². The maximum atomic E-state index is 10.1. The number of fused-ring (bicyclic) bond motifs is 2. The lowest BCUT2D eigenvalue weighted by molar-refractivity contribution is 0.201. The van der Waals surface area contributed by atoms with E-state index in [1.165, 1.54) is 18.5 Å². The van der Waals surface area contributed by atoms with Gasteiger partial charge in [0.05, 0.1) is 12.3 Å². The number of nitrogens with one attached hydrogen (secondary N) is 1. The number of hydrogen-bond acceptors (Lipinski definition) is 4. The molecule has 0 radical (unpaired) electrons. The van der Waals surface area contributed by atoms with E-state index in [9.17, 15) is 5.11 Å². The first-order valence-electron chi connectivity index (χ1n) is 14.1. The number of aliphatic hydroxyl groups excluding tert-OH is 1. The normalized spacial score (nSPS) is 12.9. The summed E-state index contributed by atoms with van der Waals surface area (Å²) in [5.74, 6) is 1.61. The molecule has 0 aliphatic carbocycles. The molecule has 5 nitrogen and oxygen atoms in total. The standard InChI is InChI=1S/C25H21N3O.C9H21N/c1-16-7-9-18(10-8-16)19-13-26-25-24(14-27-28(25)15-19)23-12-11-20(17(2)29)21-5-3-4-6-22(21)23;1-5-9(4)7-10-6-8(2)3/h3-15,17,29H,1-2H3;8-10H,5-7H2,1-4H3. The van der Waals surface area contributed by atoms with E-state index in [0.717, 1.165) is 62.6 Å². The molecule has 5 rings (SSSR count). The van der Waals surface area contributed by atoms with Crippen LogP contribution in [0.5, 0.6) is 0 Å². The van der Waals surface area contributed by atoms with Crippen molar-refractivity contribution in [2.45, 2.75) is 54.1 Å². The van der Waals surface area contributed by atoms with Crippen LogP contribution in [0.25, 0.3) is 38.7 Å². The Morgan fingerprint density at radius 2 is 1.54 bits per heavy atom. The first-order chi connectivity index (χ1) is 18.8. The van der Waals surface area contributed by atoms with E-state index in [0.29, 0.717) is 0 Å². The number of hydrogen-bond donors (Lipinski definition) is 2. The van der Waals surface area contributed by atoms with Crippen LogP contribution in [-0.4, -0.2) is 32.8 Å². The quantitative estimate of drug-likeness (QED) is 0.218. The second kappa shape index (κ2) is 13.0. The maximum Gasteiger partial charge on any atom is 0.162 e. The summed E-state index contributed by atoms with van der Waals surface area (Å²) in [6.45, 7) is 15.2. The number of benzene rings is 3. The minimum atomic E-state index is -0.520. The fraction of sp³-hybridized carbons (Fsp3) is 0.353. The molecular weight excluding hydrogens is 480 g/mol. The lowest BCUT2D eigenvalue weighted by Crippen LogP contribution is -2.24. The van der Waals surface area contributed by atoms with Crippen LogP contribution in [-0.2, 0) is 0 Å². The highest BCUT2D eigenvalue weighted by Gasteiger charge is 2.15. The molecule has 0 saturated heterocycles. The Morgan fingerprint density at radius 3 is 2.21 bits per heavy atom. The van der Waals surface area contributed by atoms with Crippen molar-refractivity contribution in [3.63, 3.8) is 0 Å². The minimum Gasteiger partial charge on any atom is -0.389 e. The molecule has 2 unspecified atom stereocenters. The summed E-state index contributed by atoms with van der Waals surface area (Å²) < 4.78 is 1.84. The Kier molecular flexibility index (Phi) is 9.50. The topological polar surface area (TPSA) is 62.5 Å². The molecule has 0 amide bonds. The zero-order valence-electron chi connectivity index (χ0n) is 24.1. The number of nitrogens with zero attached hydrogens (tertiary/aromatic N) is 3. The highest BCUT2D eigenvalue weighted by atomic mass is 16.3. The number of aryl methyl sites for hydroxylation is 1. The van der Waals surface area contributed by atoms with Crippen LogP contribution in [0, 0.1) is 18.8 Å². The fourth-order valence-electron chi connectivity index (χ4n) is 4.64. The summed E-state index contributed by atoms with van der Waals surface area (Å²) >= 11 is 0. The van der Waals surface area contributed by atoms with Crippen LogP contribution in [0.2, 0.25) is 0 Å². The Hall–Kier alpha value is -3.54. The van der Waals surface area contributed by atoms with E-state index in [2.05, 4.69) is 87.5 Å².